The third kappa shape index (κ3) is 2.88. The molecule has 1 aromatic carbocycles. The zero-order valence-corrected chi connectivity index (χ0v) is 13.7. The van der Waals surface area contributed by atoms with Gasteiger partial charge in [-0.3, -0.25) is 4.57 Å². The molecule has 3 heterocycles. The number of rotatable bonds is 3. The summed E-state index contributed by atoms with van der Waals surface area (Å²) in [6.07, 6.45) is 4.82. The Morgan fingerprint density at radius 1 is 1.29 bits per heavy atom. The summed E-state index contributed by atoms with van der Waals surface area (Å²) < 4.78 is 7.75. The van der Waals surface area contributed by atoms with E-state index >= 15 is 0 Å². The number of benzene rings is 1. The molecule has 8 heteroatoms. The van der Waals surface area contributed by atoms with Gasteiger partial charge in [0.2, 0.25) is 5.95 Å². The molecule has 24 heavy (non-hydrogen) atoms. The molecule has 124 valence electrons. The van der Waals surface area contributed by atoms with Crippen LogP contribution >= 0.6 is 11.6 Å². The molecule has 7 nitrogen and oxygen atoms in total. The Labute approximate surface area is 143 Å². The van der Waals surface area contributed by atoms with Crippen LogP contribution in [0.3, 0.4) is 0 Å². The quantitative estimate of drug-likeness (QED) is 0.755. The van der Waals surface area contributed by atoms with E-state index in [1.54, 1.807) is 6.33 Å². The van der Waals surface area contributed by atoms with Crippen LogP contribution in [-0.2, 0) is 4.74 Å². The molecule has 1 aliphatic heterocycles. The second-order valence-electron chi connectivity index (χ2n) is 5.71. The van der Waals surface area contributed by atoms with Crippen LogP contribution in [0.4, 0.5) is 17.5 Å². The predicted octanol–water partition coefficient (Wildman–Crippen LogP) is 3.50. The first-order valence-electron chi connectivity index (χ1n) is 7.85. The minimum Gasteiger partial charge on any atom is -0.368 e. The number of fused-ring (bicyclic) bond motifs is 1. The summed E-state index contributed by atoms with van der Waals surface area (Å²) in [5.41, 5.74) is 8.02. The highest BCUT2D eigenvalue weighted by atomic mass is 35.5. The van der Waals surface area contributed by atoms with E-state index in [9.17, 15) is 0 Å². The van der Waals surface area contributed by atoms with Gasteiger partial charge in [-0.05, 0) is 37.5 Å². The maximum absolute atomic E-state index is 6.03. The zero-order chi connectivity index (χ0) is 16.5. The Bertz CT molecular complexity index is 874. The molecule has 1 atom stereocenters. The number of nitrogens with one attached hydrogen (secondary N) is 1. The van der Waals surface area contributed by atoms with E-state index in [0.29, 0.717) is 22.0 Å². The van der Waals surface area contributed by atoms with Gasteiger partial charge in [0.1, 0.15) is 6.23 Å². The normalized spacial score (nSPS) is 18.0. The molecule has 2 aromatic heterocycles. The summed E-state index contributed by atoms with van der Waals surface area (Å²) in [5, 5.41) is 3.85. The van der Waals surface area contributed by atoms with Crippen LogP contribution in [0.15, 0.2) is 30.6 Å². The lowest BCUT2D eigenvalue weighted by Gasteiger charge is -2.23. The number of nitrogens with zero attached hydrogens (tertiary/aromatic N) is 4. The Hall–Kier alpha value is -2.38. The lowest BCUT2D eigenvalue weighted by molar-refractivity contribution is -0.0298. The van der Waals surface area contributed by atoms with Crippen molar-refractivity contribution in [2.45, 2.75) is 25.5 Å². The van der Waals surface area contributed by atoms with E-state index in [1.165, 1.54) is 0 Å². The van der Waals surface area contributed by atoms with Crippen molar-refractivity contribution in [2.75, 3.05) is 17.7 Å². The zero-order valence-electron chi connectivity index (χ0n) is 12.9. The monoisotopic (exact) mass is 344 g/mol. The summed E-state index contributed by atoms with van der Waals surface area (Å²) in [6, 6.07) is 7.39. The Kier molecular flexibility index (Phi) is 3.95. The molecule has 0 spiro atoms. The van der Waals surface area contributed by atoms with Crippen molar-refractivity contribution in [1.82, 2.24) is 19.5 Å². The van der Waals surface area contributed by atoms with Crippen molar-refractivity contribution in [3.8, 4) is 0 Å². The van der Waals surface area contributed by atoms with Crippen molar-refractivity contribution in [3.63, 3.8) is 0 Å². The number of halogens is 1. The van der Waals surface area contributed by atoms with Crippen molar-refractivity contribution >= 4 is 40.2 Å². The molecular weight excluding hydrogens is 328 g/mol. The van der Waals surface area contributed by atoms with Crippen LogP contribution in [0.2, 0.25) is 5.02 Å². The Balaban J connectivity index is 1.74. The minimum absolute atomic E-state index is 0.0583. The number of aromatic nitrogens is 4. The van der Waals surface area contributed by atoms with E-state index in [2.05, 4.69) is 20.3 Å². The highest BCUT2D eigenvalue weighted by Gasteiger charge is 2.21. The highest BCUT2D eigenvalue weighted by molar-refractivity contribution is 6.30. The van der Waals surface area contributed by atoms with Crippen LogP contribution in [0.25, 0.3) is 11.2 Å². The van der Waals surface area contributed by atoms with Crippen LogP contribution < -0.4 is 11.1 Å². The van der Waals surface area contributed by atoms with Crippen molar-refractivity contribution < 1.29 is 4.74 Å². The molecular formula is C16H17ClN6O. The van der Waals surface area contributed by atoms with Gasteiger partial charge >= 0.3 is 0 Å². The van der Waals surface area contributed by atoms with E-state index in [1.807, 2.05) is 28.8 Å². The minimum atomic E-state index is -0.0583. The number of nitrogens with two attached hydrogens (primary N) is 1. The fraction of sp³-hybridized carbons (Fsp3) is 0.312. The van der Waals surface area contributed by atoms with Gasteiger partial charge in [0.15, 0.2) is 17.0 Å². The number of ether oxygens (including phenoxy) is 1. The molecule has 3 N–H and O–H groups in total. The SMILES string of the molecule is Nc1nc(Nc2cccc(Cl)c2)c2ncn(C3CCCCO3)c2n1. The summed E-state index contributed by atoms with van der Waals surface area (Å²) >= 11 is 6.03. The fourth-order valence-electron chi connectivity index (χ4n) is 2.88. The number of hydrogen-bond acceptors (Lipinski definition) is 6. The van der Waals surface area contributed by atoms with Gasteiger partial charge < -0.3 is 15.8 Å². The molecule has 0 saturated carbocycles. The van der Waals surface area contributed by atoms with Crippen LogP contribution in [0.5, 0.6) is 0 Å². The second-order valence-corrected chi connectivity index (χ2v) is 6.15. The van der Waals surface area contributed by atoms with Gasteiger partial charge in [-0.15, -0.1) is 0 Å². The van der Waals surface area contributed by atoms with Crippen LogP contribution in [0, 0.1) is 0 Å². The lowest BCUT2D eigenvalue weighted by atomic mass is 10.2. The van der Waals surface area contributed by atoms with E-state index in [-0.39, 0.29) is 12.2 Å². The topological polar surface area (TPSA) is 90.9 Å². The Morgan fingerprint density at radius 3 is 3.00 bits per heavy atom. The average Bonchev–Trinajstić information content (AvgIpc) is 2.99. The number of nitrogen functional groups attached to an aromatic ring is 1. The van der Waals surface area contributed by atoms with Crippen molar-refractivity contribution in [1.29, 1.82) is 0 Å². The van der Waals surface area contributed by atoms with Crippen LogP contribution in [-0.4, -0.2) is 26.1 Å². The first kappa shape index (κ1) is 15.2. The Morgan fingerprint density at radius 2 is 2.21 bits per heavy atom. The summed E-state index contributed by atoms with van der Waals surface area (Å²) in [7, 11) is 0. The van der Waals surface area contributed by atoms with E-state index in [4.69, 9.17) is 22.1 Å². The van der Waals surface area contributed by atoms with Crippen molar-refractivity contribution in [2.24, 2.45) is 0 Å². The standard InChI is InChI=1S/C16H17ClN6O/c17-10-4-3-5-11(8-10)20-14-13-15(22-16(18)21-14)23(9-19-13)12-6-1-2-7-24-12/h3-5,8-9,12H,1-2,6-7H2,(H3,18,20,21,22). The number of hydrogen-bond donors (Lipinski definition) is 2. The van der Waals surface area contributed by atoms with Gasteiger partial charge in [-0.2, -0.15) is 9.97 Å². The third-order valence-corrected chi connectivity index (χ3v) is 4.23. The lowest BCUT2D eigenvalue weighted by Crippen LogP contribution is -2.18. The van der Waals surface area contributed by atoms with E-state index in [0.717, 1.165) is 31.6 Å². The molecule has 0 radical (unpaired) electrons. The molecule has 1 saturated heterocycles. The second kappa shape index (κ2) is 6.26. The smallest absolute Gasteiger partial charge is 0.224 e. The molecule has 1 fully saturated rings. The van der Waals surface area contributed by atoms with Crippen LogP contribution in [0.1, 0.15) is 25.5 Å². The van der Waals surface area contributed by atoms with E-state index < -0.39 is 0 Å². The molecule has 1 aliphatic rings. The maximum atomic E-state index is 6.03. The molecule has 0 bridgehead atoms. The largest absolute Gasteiger partial charge is 0.368 e. The first-order chi connectivity index (χ1) is 11.7. The molecule has 0 aliphatic carbocycles. The van der Waals surface area contributed by atoms with Crippen molar-refractivity contribution in [3.05, 3.63) is 35.6 Å². The van der Waals surface area contributed by atoms with Gasteiger partial charge in [-0.1, -0.05) is 17.7 Å². The predicted molar refractivity (Wildman–Crippen MR) is 93.3 cm³/mol. The van der Waals surface area contributed by atoms with Gasteiger partial charge in [-0.25, -0.2) is 4.98 Å². The van der Waals surface area contributed by atoms with Gasteiger partial charge in [0.25, 0.3) is 0 Å². The fourth-order valence-corrected chi connectivity index (χ4v) is 3.07. The third-order valence-electron chi connectivity index (χ3n) is 3.99. The highest BCUT2D eigenvalue weighted by Crippen LogP contribution is 2.29. The molecule has 0 amide bonds. The maximum Gasteiger partial charge on any atom is 0.224 e. The molecule has 1 unspecified atom stereocenters. The molecule has 3 aromatic rings. The summed E-state index contributed by atoms with van der Waals surface area (Å²) in [4.78, 5) is 13.1. The number of imidazole rings is 1. The average molecular weight is 345 g/mol. The summed E-state index contributed by atoms with van der Waals surface area (Å²) in [5.74, 6) is 0.735. The van der Waals surface area contributed by atoms with Gasteiger partial charge in [0.05, 0.1) is 6.33 Å². The number of anilines is 3. The first-order valence-corrected chi connectivity index (χ1v) is 8.23. The van der Waals surface area contributed by atoms with Gasteiger partial charge in [0, 0.05) is 17.3 Å². The molecule has 4 rings (SSSR count). The summed E-state index contributed by atoms with van der Waals surface area (Å²) in [6.45, 7) is 0.749.